The minimum Gasteiger partial charge on any atom is -0.398 e. The van der Waals surface area contributed by atoms with Gasteiger partial charge in [-0.15, -0.1) is 0 Å². The van der Waals surface area contributed by atoms with E-state index in [2.05, 4.69) is 17.6 Å². The van der Waals surface area contributed by atoms with Crippen LogP contribution in [0.1, 0.15) is 37.7 Å². The molecule has 1 aliphatic rings. The third-order valence-electron chi connectivity index (χ3n) is 4.22. The molecule has 0 aromatic heterocycles. The van der Waals surface area contributed by atoms with Crippen molar-refractivity contribution in [3.05, 3.63) is 23.8 Å². The Morgan fingerprint density at radius 2 is 2.10 bits per heavy atom. The summed E-state index contributed by atoms with van der Waals surface area (Å²) in [7, 11) is 0. The summed E-state index contributed by atoms with van der Waals surface area (Å²) in [6.07, 6.45) is 9.22. The second-order valence-corrected chi connectivity index (χ2v) is 6.82. The number of hydrogen-bond acceptors (Lipinski definition) is 4. The number of nitrogens with two attached hydrogens (primary N) is 1. The monoisotopic (exact) mass is 289 g/mol. The lowest BCUT2D eigenvalue weighted by molar-refractivity contribution is 0.411. The molecule has 0 aliphatic heterocycles. The molecule has 0 amide bonds. The third kappa shape index (κ3) is 3.61. The highest BCUT2D eigenvalue weighted by molar-refractivity contribution is 8.00. The Balaban J connectivity index is 2.02. The van der Waals surface area contributed by atoms with Crippen LogP contribution in [0.3, 0.4) is 0 Å². The van der Waals surface area contributed by atoms with Crippen LogP contribution in [0.2, 0.25) is 0 Å². The SMILES string of the molecule is CSC1(CNc2ccc(N)c(CC#N)c2)CCCCC1. The van der Waals surface area contributed by atoms with Crippen molar-refractivity contribution in [1.29, 1.82) is 5.26 Å². The Kier molecular flexibility index (Phi) is 5.19. The summed E-state index contributed by atoms with van der Waals surface area (Å²) in [5.74, 6) is 0. The Morgan fingerprint density at radius 3 is 2.75 bits per heavy atom. The van der Waals surface area contributed by atoms with E-state index in [-0.39, 0.29) is 0 Å². The summed E-state index contributed by atoms with van der Waals surface area (Å²) in [6, 6.07) is 8.07. The number of thioether (sulfide) groups is 1. The molecule has 1 aromatic carbocycles. The van der Waals surface area contributed by atoms with Crippen LogP contribution in [0.4, 0.5) is 11.4 Å². The number of hydrogen-bond donors (Lipinski definition) is 2. The molecular weight excluding hydrogens is 266 g/mol. The maximum absolute atomic E-state index is 8.82. The standard InChI is InChI=1S/C16H23N3S/c1-20-16(8-3-2-4-9-16)12-19-14-5-6-15(18)13(11-14)7-10-17/h5-6,11,19H,2-4,7-9,12,18H2,1H3. The number of anilines is 2. The number of nitrogens with zero attached hydrogens (tertiary/aromatic N) is 1. The van der Waals surface area contributed by atoms with E-state index in [0.29, 0.717) is 16.9 Å². The topological polar surface area (TPSA) is 61.8 Å². The van der Waals surface area contributed by atoms with E-state index in [9.17, 15) is 0 Å². The van der Waals surface area contributed by atoms with Gasteiger partial charge in [0, 0.05) is 22.7 Å². The zero-order chi connectivity index (χ0) is 14.4. The normalized spacial score (nSPS) is 17.4. The maximum atomic E-state index is 8.82. The smallest absolute Gasteiger partial charge is 0.0670 e. The van der Waals surface area contributed by atoms with Crippen LogP contribution >= 0.6 is 11.8 Å². The molecule has 1 aliphatic carbocycles. The van der Waals surface area contributed by atoms with E-state index in [1.165, 1.54) is 32.1 Å². The van der Waals surface area contributed by atoms with Crippen molar-refractivity contribution >= 4 is 23.1 Å². The van der Waals surface area contributed by atoms with Crippen LogP contribution in [0.25, 0.3) is 0 Å². The first kappa shape index (κ1) is 15.1. The van der Waals surface area contributed by atoms with Gasteiger partial charge in [-0.25, -0.2) is 0 Å². The fourth-order valence-corrected chi connectivity index (χ4v) is 3.78. The van der Waals surface area contributed by atoms with Gasteiger partial charge in [0.2, 0.25) is 0 Å². The molecule has 0 radical (unpaired) electrons. The van der Waals surface area contributed by atoms with Crippen LogP contribution in [0.15, 0.2) is 18.2 Å². The zero-order valence-corrected chi connectivity index (χ0v) is 12.9. The second kappa shape index (κ2) is 6.90. The van der Waals surface area contributed by atoms with Gasteiger partial charge in [-0.3, -0.25) is 0 Å². The van der Waals surface area contributed by atoms with Crippen LogP contribution in [0.5, 0.6) is 0 Å². The molecule has 0 atom stereocenters. The van der Waals surface area contributed by atoms with Gasteiger partial charge in [-0.1, -0.05) is 19.3 Å². The number of nitrogens with one attached hydrogen (secondary N) is 1. The highest BCUT2D eigenvalue weighted by atomic mass is 32.2. The predicted octanol–water partition coefficient (Wildman–Crippen LogP) is 3.81. The summed E-state index contributed by atoms with van der Waals surface area (Å²) < 4.78 is 0.370. The first-order chi connectivity index (χ1) is 9.69. The van der Waals surface area contributed by atoms with Gasteiger partial charge in [0.15, 0.2) is 0 Å². The number of nitriles is 1. The Morgan fingerprint density at radius 1 is 1.35 bits per heavy atom. The third-order valence-corrected chi connectivity index (χ3v) is 5.64. The van der Waals surface area contributed by atoms with Gasteiger partial charge < -0.3 is 11.1 Å². The lowest BCUT2D eigenvalue weighted by Gasteiger charge is -2.36. The van der Waals surface area contributed by atoms with Crippen LogP contribution in [-0.4, -0.2) is 17.5 Å². The first-order valence-electron chi connectivity index (χ1n) is 7.23. The van der Waals surface area contributed by atoms with Crippen molar-refractivity contribution in [2.45, 2.75) is 43.3 Å². The van der Waals surface area contributed by atoms with Gasteiger partial charge in [0.1, 0.15) is 0 Å². The van der Waals surface area contributed by atoms with Crippen LogP contribution < -0.4 is 11.1 Å². The predicted molar refractivity (Wildman–Crippen MR) is 88.0 cm³/mol. The highest BCUT2D eigenvalue weighted by Gasteiger charge is 2.30. The van der Waals surface area contributed by atoms with Gasteiger partial charge >= 0.3 is 0 Å². The highest BCUT2D eigenvalue weighted by Crippen LogP contribution is 2.38. The molecule has 3 nitrogen and oxygen atoms in total. The van der Waals surface area contributed by atoms with E-state index < -0.39 is 0 Å². The van der Waals surface area contributed by atoms with Gasteiger partial charge in [-0.2, -0.15) is 17.0 Å². The Hall–Kier alpha value is -1.34. The van der Waals surface area contributed by atoms with E-state index in [1.54, 1.807) is 0 Å². The van der Waals surface area contributed by atoms with Crippen LogP contribution in [-0.2, 0) is 6.42 Å². The molecule has 0 spiro atoms. The molecule has 4 heteroatoms. The molecular formula is C16H23N3S. The lowest BCUT2D eigenvalue weighted by Crippen LogP contribution is -2.35. The molecule has 3 N–H and O–H groups in total. The molecule has 108 valence electrons. The van der Waals surface area contributed by atoms with Crippen molar-refractivity contribution in [3.8, 4) is 6.07 Å². The van der Waals surface area contributed by atoms with E-state index >= 15 is 0 Å². The Labute approximate surface area is 125 Å². The Bertz CT molecular complexity index is 487. The lowest BCUT2D eigenvalue weighted by atomic mass is 9.88. The summed E-state index contributed by atoms with van der Waals surface area (Å²) in [5.41, 5.74) is 8.58. The average molecular weight is 289 g/mol. The number of rotatable bonds is 5. The second-order valence-electron chi connectivity index (χ2n) is 5.55. The maximum Gasteiger partial charge on any atom is 0.0670 e. The molecule has 2 rings (SSSR count). The van der Waals surface area contributed by atoms with Crippen molar-refractivity contribution in [2.75, 3.05) is 23.9 Å². The molecule has 0 bridgehead atoms. The minimum absolute atomic E-state index is 0.370. The molecule has 20 heavy (non-hydrogen) atoms. The summed E-state index contributed by atoms with van der Waals surface area (Å²) in [4.78, 5) is 0. The van der Waals surface area contributed by atoms with Crippen molar-refractivity contribution in [2.24, 2.45) is 0 Å². The fraction of sp³-hybridized carbons (Fsp3) is 0.562. The number of benzene rings is 1. The van der Waals surface area contributed by atoms with Crippen molar-refractivity contribution < 1.29 is 0 Å². The fourth-order valence-electron chi connectivity index (χ4n) is 2.87. The quantitative estimate of drug-likeness (QED) is 0.809. The van der Waals surface area contributed by atoms with Gasteiger partial charge in [0.25, 0.3) is 0 Å². The molecule has 0 heterocycles. The summed E-state index contributed by atoms with van der Waals surface area (Å²) >= 11 is 1.99. The average Bonchev–Trinajstić information content (AvgIpc) is 2.49. The molecule has 0 unspecified atom stereocenters. The summed E-state index contributed by atoms with van der Waals surface area (Å²) in [6.45, 7) is 0.990. The summed E-state index contributed by atoms with van der Waals surface area (Å²) in [5, 5.41) is 12.4. The largest absolute Gasteiger partial charge is 0.398 e. The molecule has 1 aromatic rings. The van der Waals surface area contributed by atoms with Crippen molar-refractivity contribution in [3.63, 3.8) is 0 Å². The minimum atomic E-state index is 0.370. The zero-order valence-electron chi connectivity index (χ0n) is 12.1. The first-order valence-corrected chi connectivity index (χ1v) is 8.46. The van der Waals surface area contributed by atoms with E-state index in [4.69, 9.17) is 11.0 Å². The van der Waals surface area contributed by atoms with Gasteiger partial charge in [0.05, 0.1) is 12.5 Å². The van der Waals surface area contributed by atoms with Gasteiger partial charge in [-0.05, 0) is 42.9 Å². The molecule has 0 saturated heterocycles. The van der Waals surface area contributed by atoms with Crippen molar-refractivity contribution in [1.82, 2.24) is 0 Å². The number of nitrogen functional groups attached to an aromatic ring is 1. The van der Waals surface area contributed by atoms with E-state index in [0.717, 1.165) is 17.8 Å². The van der Waals surface area contributed by atoms with Crippen LogP contribution in [0, 0.1) is 11.3 Å². The molecule has 1 fully saturated rings. The van der Waals surface area contributed by atoms with E-state index in [1.807, 2.05) is 30.0 Å². The molecule has 1 saturated carbocycles.